The van der Waals surface area contributed by atoms with Crippen LogP contribution in [0.25, 0.3) is 0 Å². The van der Waals surface area contributed by atoms with Crippen LogP contribution >= 0.6 is 15.9 Å². The Balaban J connectivity index is 0. The number of quaternary nitrogens is 1. The summed E-state index contributed by atoms with van der Waals surface area (Å²) in [5.74, 6) is 4.52. The molecule has 0 bridgehead atoms. The highest BCUT2D eigenvalue weighted by molar-refractivity contribution is 9.09. The van der Waals surface area contributed by atoms with Crippen LogP contribution in [0.3, 0.4) is 0 Å². The summed E-state index contributed by atoms with van der Waals surface area (Å²) in [6, 6.07) is 19.4. The SMILES string of the molecule is C#CCCCBr.C#CCCCC([NH3+])C(=O)OCC.CCOC(=O)CN=C(c1ccccc1)c1ccccc1.[Cl-]. The standard InChI is InChI=1S/C17H17NO2.C9H15NO2.C5H7Br.ClH/c1-2-20-16(19)13-18-17(14-9-5-3-6-10-14)15-11-7-4-8-12-15;1-3-5-6-7-8(10)9(11)12-4-2;1-2-3-4-5-6;/h3-12H,2,13H2,1H3;1,8H,4-7,10H2,2H3;1H,3-5H2;1H. The highest BCUT2D eigenvalue weighted by atomic mass is 79.9. The first-order valence-electron chi connectivity index (χ1n) is 12.7. The number of halogens is 2. The Labute approximate surface area is 248 Å². The maximum Gasteiger partial charge on any atom is 0.364 e. The number of hydrogen-bond acceptors (Lipinski definition) is 5. The molecule has 0 heterocycles. The fourth-order valence-corrected chi connectivity index (χ4v) is 3.17. The van der Waals surface area contributed by atoms with Gasteiger partial charge in [-0.25, -0.2) is 4.79 Å². The van der Waals surface area contributed by atoms with E-state index < -0.39 is 0 Å². The predicted octanol–water partition coefficient (Wildman–Crippen LogP) is 1.85. The van der Waals surface area contributed by atoms with Crippen LogP contribution < -0.4 is 18.1 Å². The zero-order valence-corrected chi connectivity index (χ0v) is 25.3. The maximum absolute atomic E-state index is 11.5. The van der Waals surface area contributed by atoms with E-state index in [0.29, 0.717) is 26.1 Å². The second-order valence-corrected chi connectivity index (χ2v) is 8.54. The molecule has 8 heteroatoms. The minimum absolute atomic E-state index is 0. The topological polar surface area (TPSA) is 92.6 Å². The summed E-state index contributed by atoms with van der Waals surface area (Å²) in [6.07, 6.45) is 14.2. The lowest BCUT2D eigenvalue weighted by Crippen LogP contribution is -3.00. The van der Waals surface area contributed by atoms with Crippen molar-refractivity contribution >= 4 is 33.6 Å². The number of terminal acetylenes is 2. The van der Waals surface area contributed by atoms with E-state index in [1.807, 2.05) is 60.7 Å². The normalized spacial score (nSPS) is 9.79. The van der Waals surface area contributed by atoms with E-state index >= 15 is 0 Å². The van der Waals surface area contributed by atoms with Gasteiger partial charge in [0.05, 0.1) is 18.9 Å². The predicted molar refractivity (Wildman–Crippen MR) is 158 cm³/mol. The van der Waals surface area contributed by atoms with Crippen LogP contribution in [0.15, 0.2) is 65.7 Å². The summed E-state index contributed by atoms with van der Waals surface area (Å²) in [4.78, 5) is 26.9. The molecule has 212 valence electrons. The second kappa shape index (κ2) is 26.5. The number of alkyl halides is 1. The molecule has 0 aliphatic rings. The summed E-state index contributed by atoms with van der Waals surface area (Å²) < 4.78 is 9.70. The van der Waals surface area contributed by atoms with E-state index in [2.05, 4.69) is 38.5 Å². The van der Waals surface area contributed by atoms with Crippen molar-refractivity contribution in [2.24, 2.45) is 4.99 Å². The fourth-order valence-electron chi connectivity index (χ4n) is 2.89. The Morgan fingerprint density at radius 2 is 1.38 bits per heavy atom. The molecule has 0 saturated carbocycles. The molecule has 0 spiro atoms. The number of esters is 2. The molecule has 0 radical (unpaired) electrons. The van der Waals surface area contributed by atoms with Crippen LogP contribution in [0.4, 0.5) is 0 Å². The third-order valence-electron chi connectivity index (χ3n) is 4.71. The Hall–Kier alpha value is -3.10. The molecule has 0 aliphatic carbocycles. The molecular formula is C31H40BrClN2O4. The zero-order chi connectivity index (χ0) is 28.4. The summed E-state index contributed by atoms with van der Waals surface area (Å²) >= 11 is 3.25. The molecule has 0 fully saturated rings. The van der Waals surface area contributed by atoms with E-state index in [-0.39, 0.29) is 36.9 Å². The van der Waals surface area contributed by atoms with Gasteiger partial charge in [0, 0.05) is 35.7 Å². The van der Waals surface area contributed by atoms with Crippen molar-refractivity contribution < 1.29 is 37.2 Å². The Bertz CT molecular complexity index is 977. The van der Waals surface area contributed by atoms with Gasteiger partial charge < -0.3 is 27.6 Å². The van der Waals surface area contributed by atoms with Gasteiger partial charge in [0.25, 0.3) is 0 Å². The molecule has 2 aromatic rings. The van der Waals surface area contributed by atoms with Gasteiger partial charge in [-0.1, -0.05) is 76.6 Å². The van der Waals surface area contributed by atoms with Crippen LogP contribution in [0.5, 0.6) is 0 Å². The summed E-state index contributed by atoms with van der Waals surface area (Å²) in [5.41, 5.74) is 6.47. The molecule has 39 heavy (non-hydrogen) atoms. The lowest BCUT2D eigenvalue weighted by Gasteiger charge is -2.07. The van der Waals surface area contributed by atoms with E-state index in [0.717, 1.165) is 41.4 Å². The number of carbonyl (C=O) groups is 2. The van der Waals surface area contributed by atoms with Crippen molar-refractivity contribution in [1.29, 1.82) is 0 Å². The number of nitrogens with zero attached hydrogens (tertiary/aromatic N) is 1. The second-order valence-electron chi connectivity index (χ2n) is 7.74. The van der Waals surface area contributed by atoms with Crippen molar-refractivity contribution in [3.63, 3.8) is 0 Å². The van der Waals surface area contributed by atoms with Gasteiger partial charge in [0.1, 0.15) is 6.54 Å². The largest absolute Gasteiger partial charge is 1.00 e. The molecule has 0 saturated heterocycles. The van der Waals surface area contributed by atoms with Crippen molar-refractivity contribution in [1.82, 2.24) is 0 Å². The highest BCUT2D eigenvalue weighted by Gasteiger charge is 2.17. The molecule has 1 atom stereocenters. The first kappa shape index (κ1) is 38.0. The molecule has 3 N–H and O–H groups in total. The molecule has 0 amide bonds. The lowest BCUT2D eigenvalue weighted by molar-refractivity contribution is -0.409. The van der Waals surface area contributed by atoms with Crippen LogP contribution in [-0.4, -0.2) is 48.8 Å². The molecule has 2 aromatic carbocycles. The fraction of sp³-hybridized carbons (Fsp3) is 0.387. The van der Waals surface area contributed by atoms with Crippen LogP contribution in [0.1, 0.15) is 57.1 Å². The van der Waals surface area contributed by atoms with Gasteiger partial charge in [-0.05, 0) is 26.7 Å². The summed E-state index contributed by atoms with van der Waals surface area (Å²) in [6.45, 7) is 4.40. The van der Waals surface area contributed by atoms with Gasteiger partial charge in [-0.2, -0.15) is 0 Å². The van der Waals surface area contributed by atoms with Crippen molar-refractivity contribution in [2.75, 3.05) is 25.1 Å². The molecule has 0 aliphatic heterocycles. The number of benzene rings is 2. The van der Waals surface area contributed by atoms with E-state index in [9.17, 15) is 9.59 Å². The van der Waals surface area contributed by atoms with Gasteiger partial charge in [-0.3, -0.25) is 9.79 Å². The van der Waals surface area contributed by atoms with Gasteiger partial charge >= 0.3 is 11.9 Å². The van der Waals surface area contributed by atoms with Crippen molar-refractivity contribution in [3.05, 3.63) is 71.8 Å². The summed E-state index contributed by atoms with van der Waals surface area (Å²) in [7, 11) is 0. The van der Waals surface area contributed by atoms with Crippen molar-refractivity contribution in [3.8, 4) is 24.7 Å². The highest BCUT2D eigenvalue weighted by Crippen LogP contribution is 2.11. The number of ether oxygens (including phenoxy) is 2. The van der Waals surface area contributed by atoms with Gasteiger partial charge in [0.2, 0.25) is 0 Å². The average molecular weight is 620 g/mol. The third-order valence-corrected chi connectivity index (χ3v) is 5.28. The number of carbonyl (C=O) groups excluding carboxylic acids is 2. The Morgan fingerprint density at radius 1 is 0.897 bits per heavy atom. The van der Waals surface area contributed by atoms with Crippen LogP contribution in [0, 0.1) is 24.7 Å². The molecular weight excluding hydrogens is 580 g/mol. The smallest absolute Gasteiger partial charge is 0.364 e. The van der Waals surface area contributed by atoms with Gasteiger partial charge in [0.15, 0.2) is 6.04 Å². The Kier molecular flexibility index (Phi) is 25.9. The van der Waals surface area contributed by atoms with E-state index in [1.54, 1.807) is 13.8 Å². The number of hydrogen-bond donors (Lipinski definition) is 1. The number of rotatable bonds is 12. The average Bonchev–Trinajstić information content (AvgIpc) is 2.94. The molecule has 1 unspecified atom stereocenters. The molecule has 2 rings (SSSR count). The first-order valence-corrected chi connectivity index (χ1v) is 13.8. The van der Waals surface area contributed by atoms with Crippen molar-refractivity contribution in [2.45, 2.75) is 52.0 Å². The molecule has 0 aromatic heterocycles. The quantitative estimate of drug-likeness (QED) is 0.129. The van der Waals surface area contributed by atoms with Crippen LogP contribution in [-0.2, 0) is 19.1 Å². The maximum atomic E-state index is 11.5. The lowest BCUT2D eigenvalue weighted by atomic mass is 10.0. The minimum atomic E-state index is -0.308. The minimum Gasteiger partial charge on any atom is -1.00 e. The first-order chi connectivity index (χ1) is 18.4. The van der Waals surface area contributed by atoms with Crippen LogP contribution in [0.2, 0.25) is 0 Å². The van der Waals surface area contributed by atoms with Gasteiger partial charge in [-0.15, -0.1) is 24.7 Å². The summed E-state index contributed by atoms with van der Waals surface area (Å²) in [5, 5.41) is 1.02. The Morgan fingerprint density at radius 3 is 1.79 bits per heavy atom. The van der Waals surface area contributed by atoms with E-state index in [4.69, 9.17) is 22.3 Å². The van der Waals surface area contributed by atoms with E-state index in [1.165, 1.54) is 0 Å². The number of aliphatic imine (C=N–C) groups is 1. The monoisotopic (exact) mass is 618 g/mol. The third kappa shape index (κ3) is 19.6. The number of unbranched alkanes of at least 4 members (excludes halogenated alkanes) is 2. The molecule has 6 nitrogen and oxygen atoms in total. The zero-order valence-electron chi connectivity index (χ0n) is 22.9.